The highest BCUT2D eigenvalue weighted by molar-refractivity contribution is 8.00. The summed E-state index contributed by atoms with van der Waals surface area (Å²) in [6, 6.07) is 11.9. The average Bonchev–Trinajstić information content (AvgIpc) is 3.33. The molecule has 0 N–H and O–H groups in total. The van der Waals surface area contributed by atoms with Crippen LogP contribution in [0.2, 0.25) is 0 Å². The van der Waals surface area contributed by atoms with Crippen LogP contribution in [0.5, 0.6) is 0 Å². The molecule has 3 aromatic rings. The molecule has 2 saturated heterocycles. The monoisotopic (exact) mass is 440 g/mol. The van der Waals surface area contributed by atoms with Gasteiger partial charge in [-0.25, -0.2) is 9.18 Å². The van der Waals surface area contributed by atoms with E-state index in [-0.39, 0.29) is 11.7 Å². The first kappa shape index (κ1) is 19.7. The number of hydrogen-bond acceptors (Lipinski definition) is 7. The molecule has 10 heteroatoms. The summed E-state index contributed by atoms with van der Waals surface area (Å²) in [7, 11) is 0. The molecule has 0 radical (unpaired) electrons. The number of thioether (sulfide) groups is 1. The van der Waals surface area contributed by atoms with Crippen molar-refractivity contribution in [3.8, 4) is 0 Å². The Bertz CT molecular complexity index is 1250. The predicted molar refractivity (Wildman–Crippen MR) is 110 cm³/mol. The standard InChI is InChI=1S/C21H17FN4O4S/c22-14-7-5-13(6-8-14)21-10-9-18(27)26(21)17(11-31-21)20(29)30-12-25-19(28)15-3-1-2-4-16(15)23-24-25/h1-8,17H,9-12H2/t17-,21+/m1/s1. The van der Waals surface area contributed by atoms with Crippen LogP contribution < -0.4 is 5.56 Å². The lowest BCUT2D eigenvalue weighted by atomic mass is 10.0. The van der Waals surface area contributed by atoms with Gasteiger partial charge in [-0.05, 0) is 36.2 Å². The van der Waals surface area contributed by atoms with Crippen molar-refractivity contribution in [2.45, 2.75) is 30.5 Å². The molecule has 2 aliphatic heterocycles. The lowest BCUT2D eigenvalue weighted by molar-refractivity contribution is -0.157. The van der Waals surface area contributed by atoms with Crippen LogP contribution in [-0.2, 0) is 25.9 Å². The number of aromatic nitrogens is 3. The molecule has 2 aromatic carbocycles. The molecule has 0 unspecified atom stereocenters. The van der Waals surface area contributed by atoms with Crippen LogP contribution in [0.4, 0.5) is 4.39 Å². The van der Waals surface area contributed by atoms with Gasteiger partial charge in [0.15, 0.2) is 6.73 Å². The molecule has 1 amide bonds. The Labute approximate surface area is 180 Å². The van der Waals surface area contributed by atoms with E-state index in [0.717, 1.165) is 10.2 Å². The van der Waals surface area contributed by atoms with Crippen LogP contribution in [0.1, 0.15) is 18.4 Å². The molecule has 0 bridgehead atoms. The van der Waals surface area contributed by atoms with Gasteiger partial charge in [0.05, 0.1) is 5.39 Å². The van der Waals surface area contributed by atoms with E-state index in [1.54, 1.807) is 41.3 Å². The van der Waals surface area contributed by atoms with Crippen LogP contribution in [0.15, 0.2) is 53.3 Å². The summed E-state index contributed by atoms with van der Waals surface area (Å²) in [4.78, 5) is 38.9. The molecule has 0 spiro atoms. The summed E-state index contributed by atoms with van der Waals surface area (Å²) in [6.07, 6.45) is 0.825. The zero-order valence-corrected chi connectivity index (χ0v) is 17.0. The van der Waals surface area contributed by atoms with Gasteiger partial charge in [-0.3, -0.25) is 9.59 Å². The molecule has 1 aromatic heterocycles. The minimum absolute atomic E-state index is 0.154. The molecule has 0 saturated carbocycles. The third kappa shape index (κ3) is 3.18. The molecule has 2 fully saturated rings. The van der Waals surface area contributed by atoms with Crippen molar-refractivity contribution >= 4 is 34.5 Å². The van der Waals surface area contributed by atoms with Gasteiger partial charge in [0.2, 0.25) is 5.91 Å². The summed E-state index contributed by atoms with van der Waals surface area (Å²) >= 11 is 1.47. The fraction of sp³-hybridized carbons (Fsp3) is 0.286. The largest absolute Gasteiger partial charge is 0.441 e. The third-order valence-corrected chi connectivity index (χ3v) is 7.25. The molecule has 5 rings (SSSR count). The van der Waals surface area contributed by atoms with Gasteiger partial charge in [-0.2, -0.15) is 4.68 Å². The number of rotatable bonds is 4. The van der Waals surface area contributed by atoms with E-state index >= 15 is 0 Å². The molecule has 8 nitrogen and oxygen atoms in total. The van der Waals surface area contributed by atoms with Crippen LogP contribution in [0.25, 0.3) is 10.9 Å². The van der Waals surface area contributed by atoms with Crippen LogP contribution in [0.3, 0.4) is 0 Å². The first-order valence-corrected chi connectivity index (χ1v) is 10.7. The molecule has 0 aliphatic carbocycles. The minimum atomic E-state index is -0.797. The maximum atomic E-state index is 13.4. The van der Waals surface area contributed by atoms with Gasteiger partial charge in [0, 0.05) is 12.2 Å². The lowest BCUT2D eigenvalue weighted by Crippen LogP contribution is -2.47. The first-order valence-electron chi connectivity index (χ1n) is 9.71. The predicted octanol–water partition coefficient (Wildman–Crippen LogP) is 2.02. The van der Waals surface area contributed by atoms with Gasteiger partial charge < -0.3 is 9.64 Å². The Morgan fingerprint density at radius 2 is 1.97 bits per heavy atom. The Balaban J connectivity index is 1.37. The van der Waals surface area contributed by atoms with Crippen molar-refractivity contribution in [2.75, 3.05) is 5.75 Å². The Morgan fingerprint density at radius 1 is 1.19 bits per heavy atom. The molecule has 158 valence electrons. The number of ether oxygens (including phenoxy) is 1. The number of hydrogen-bond donors (Lipinski definition) is 0. The molecule has 31 heavy (non-hydrogen) atoms. The van der Waals surface area contributed by atoms with Crippen molar-refractivity contribution in [1.29, 1.82) is 0 Å². The second-order valence-corrected chi connectivity index (χ2v) is 8.68. The first-order chi connectivity index (χ1) is 15.0. The lowest BCUT2D eigenvalue weighted by Gasteiger charge is -2.33. The molecular weight excluding hydrogens is 423 g/mol. The third-order valence-electron chi connectivity index (χ3n) is 5.65. The Hall–Kier alpha value is -3.27. The quantitative estimate of drug-likeness (QED) is 0.573. The van der Waals surface area contributed by atoms with Crippen LogP contribution in [-0.4, -0.2) is 43.6 Å². The SMILES string of the molecule is O=C(OCn1nnc2ccccc2c1=O)[C@H]1CS[C@]2(c3ccc(F)cc3)CCC(=O)N12. The Morgan fingerprint density at radius 3 is 2.77 bits per heavy atom. The highest BCUT2D eigenvalue weighted by atomic mass is 32.2. The fourth-order valence-electron chi connectivity index (χ4n) is 4.16. The van der Waals surface area contributed by atoms with E-state index < -0.39 is 29.2 Å². The number of halogens is 1. The van der Waals surface area contributed by atoms with Crippen molar-refractivity contribution in [2.24, 2.45) is 0 Å². The second kappa shape index (κ2) is 7.45. The number of amides is 1. The van der Waals surface area contributed by atoms with E-state index in [4.69, 9.17) is 4.74 Å². The van der Waals surface area contributed by atoms with Gasteiger partial charge in [0.1, 0.15) is 22.2 Å². The number of benzene rings is 2. The maximum absolute atomic E-state index is 13.4. The van der Waals surface area contributed by atoms with E-state index in [2.05, 4.69) is 10.3 Å². The smallest absolute Gasteiger partial charge is 0.331 e. The average molecular weight is 440 g/mol. The normalized spacial score (nSPS) is 22.7. The van der Waals surface area contributed by atoms with Crippen LogP contribution in [0, 0.1) is 5.82 Å². The van der Waals surface area contributed by atoms with E-state index in [0.29, 0.717) is 29.5 Å². The summed E-state index contributed by atoms with van der Waals surface area (Å²) in [6.45, 7) is -0.401. The van der Waals surface area contributed by atoms with Gasteiger partial charge in [-0.15, -0.1) is 16.9 Å². The molecular formula is C21H17FN4O4S. The zero-order chi connectivity index (χ0) is 21.6. The van der Waals surface area contributed by atoms with Gasteiger partial charge in [0.25, 0.3) is 5.56 Å². The summed E-state index contributed by atoms with van der Waals surface area (Å²) in [5.74, 6) is -0.787. The van der Waals surface area contributed by atoms with Crippen molar-refractivity contribution in [3.63, 3.8) is 0 Å². The van der Waals surface area contributed by atoms with Crippen molar-refractivity contribution in [1.82, 2.24) is 19.9 Å². The minimum Gasteiger partial charge on any atom is -0.441 e. The fourth-order valence-corrected chi connectivity index (χ4v) is 5.79. The zero-order valence-electron chi connectivity index (χ0n) is 16.2. The molecule has 3 heterocycles. The summed E-state index contributed by atoms with van der Waals surface area (Å²) in [5, 5.41) is 8.14. The highest BCUT2D eigenvalue weighted by Crippen LogP contribution is 2.54. The van der Waals surface area contributed by atoms with E-state index in [1.165, 1.54) is 23.9 Å². The molecule has 2 atom stereocenters. The van der Waals surface area contributed by atoms with E-state index in [1.807, 2.05) is 0 Å². The number of nitrogens with zero attached hydrogens (tertiary/aromatic N) is 4. The maximum Gasteiger partial charge on any atom is 0.331 e. The number of carbonyl (C=O) groups is 2. The number of carbonyl (C=O) groups excluding carboxylic acids is 2. The Kier molecular flexibility index (Phi) is 4.73. The van der Waals surface area contributed by atoms with Crippen LogP contribution >= 0.6 is 11.8 Å². The number of esters is 1. The summed E-state index contributed by atoms with van der Waals surface area (Å²) < 4.78 is 19.7. The summed E-state index contributed by atoms with van der Waals surface area (Å²) in [5.41, 5.74) is 0.808. The topological polar surface area (TPSA) is 94.4 Å². The van der Waals surface area contributed by atoms with E-state index in [9.17, 15) is 18.8 Å². The van der Waals surface area contributed by atoms with Gasteiger partial charge >= 0.3 is 5.97 Å². The van der Waals surface area contributed by atoms with Gasteiger partial charge in [-0.1, -0.05) is 29.5 Å². The second-order valence-electron chi connectivity index (χ2n) is 7.39. The molecule has 2 aliphatic rings. The van der Waals surface area contributed by atoms with Crippen molar-refractivity contribution in [3.05, 3.63) is 70.3 Å². The highest BCUT2D eigenvalue weighted by Gasteiger charge is 2.57. The van der Waals surface area contributed by atoms with Crippen molar-refractivity contribution < 1.29 is 18.7 Å². The number of fused-ring (bicyclic) bond motifs is 2.